The summed E-state index contributed by atoms with van der Waals surface area (Å²) in [5.74, 6) is 0.436. The molecule has 0 heterocycles. The van der Waals surface area contributed by atoms with Crippen molar-refractivity contribution in [3.05, 3.63) is 70.8 Å². The highest BCUT2D eigenvalue weighted by molar-refractivity contribution is 5.52. The van der Waals surface area contributed by atoms with Gasteiger partial charge in [-0.2, -0.15) is 0 Å². The summed E-state index contributed by atoms with van der Waals surface area (Å²) in [6.07, 6.45) is 4.94. The van der Waals surface area contributed by atoms with Crippen LogP contribution in [0.15, 0.2) is 48.5 Å². The maximum absolute atomic E-state index is 10.5. The van der Waals surface area contributed by atoms with Gasteiger partial charge in [0.2, 0.25) is 0 Å². The van der Waals surface area contributed by atoms with Crippen LogP contribution in [-0.4, -0.2) is 5.11 Å². The molecule has 1 nitrogen and oxygen atoms in total. The quantitative estimate of drug-likeness (QED) is 0.813. The monoisotopic (exact) mass is 280 g/mol. The third kappa shape index (κ3) is 3.98. The van der Waals surface area contributed by atoms with Gasteiger partial charge in [0.15, 0.2) is 0 Å². The molecule has 0 radical (unpaired) electrons. The van der Waals surface area contributed by atoms with E-state index in [1.165, 1.54) is 11.1 Å². The molecule has 0 spiro atoms. The molecule has 1 heteroatoms. The fourth-order valence-electron chi connectivity index (χ4n) is 2.47. The predicted molar refractivity (Wildman–Crippen MR) is 90.7 cm³/mol. The lowest BCUT2D eigenvalue weighted by atomic mass is 9.84. The van der Waals surface area contributed by atoms with Gasteiger partial charge >= 0.3 is 0 Å². The van der Waals surface area contributed by atoms with Crippen molar-refractivity contribution in [1.29, 1.82) is 0 Å². The molecule has 0 atom stereocenters. The minimum atomic E-state index is -0.0476. The zero-order chi connectivity index (χ0) is 15.5. The summed E-state index contributed by atoms with van der Waals surface area (Å²) >= 11 is 0. The maximum Gasteiger partial charge on any atom is 0.122 e. The summed E-state index contributed by atoms with van der Waals surface area (Å²) in [5.41, 5.74) is 4.34. The smallest absolute Gasteiger partial charge is 0.122 e. The molecular weight excluding hydrogens is 256 g/mol. The zero-order valence-corrected chi connectivity index (χ0v) is 13.4. The highest BCUT2D eigenvalue weighted by Crippen LogP contribution is 2.34. The summed E-state index contributed by atoms with van der Waals surface area (Å²) in [4.78, 5) is 0. The molecule has 0 unspecified atom stereocenters. The van der Waals surface area contributed by atoms with Crippen molar-refractivity contribution < 1.29 is 5.11 Å². The van der Waals surface area contributed by atoms with Crippen LogP contribution in [0.4, 0.5) is 0 Å². The molecule has 0 bridgehead atoms. The van der Waals surface area contributed by atoms with Gasteiger partial charge in [-0.25, -0.2) is 0 Å². The van der Waals surface area contributed by atoms with Crippen LogP contribution in [-0.2, 0) is 11.8 Å². The van der Waals surface area contributed by atoms with Gasteiger partial charge in [-0.3, -0.25) is 0 Å². The zero-order valence-electron chi connectivity index (χ0n) is 13.4. The van der Waals surface area contributed by atoms with E-state index in [0.717, 1.165) is 17.5 Å². The molecule has 110 valence electrons. The number of benzene rings is 2. The molecule has 2 rings (SSSR count). The largest absolute Gasteiger partial charge is 0.507 e. The van der Waals surface area contributed by atoms with E-state index in [1.807, 2.05) is 18.2 Å². The summed E-state index contributed by atoms with van der Waals surface area (Å²) in [6, 6.07) is 14.4. The molecule has 0 aliphatic heterocycles. The van der Waals surface area contributed by atoms with Gasteiger partial charge in [0.05, 0.1) is 0 Å². The van der Waals surface area contributed by atoms with Crippen LogP contribution in [0.1, 0.15) is 43.0 Å². The van der Waals surface area contributed by atoms with Crippen molar-refractivity contribution in [2.75, 3.05) is 0 Å². The van der Waals surface area contributed by atoms with Crippen molar-refractivity contribution in [2.45, 2.75) is 39.5 Å². The number of hydrogen-bond acceptors (Lipinski definition) is 1. The summed E-state index contributed by atoms with van der Waals surface area (Å²) in [6.45, 7) is 8.47. The van der Waals surface area contributed by atoms with Gasteiger partial charge in [0.1, 0.15) is 5.75 Å². The Labute approximate surface area is 128 Å². The van der Waals surface area contributed by atoms with E-state index in [1.54, 1.807) is 0 Å². The van der Waals surface area contributed by atoms with Gasteiger partial charge in [-0.05, 0) is 35.4 Å². The molecule has 0 aromatic heterocycles. The first kappa shape index (κ1) is 15.4. The lowest BCUT2D eigenvalue weighted by molar-refractivity contribution is 0.441. The molecule has 0 aliphatic rings. The highest BCUT2D eigenvalue weighted by Gasteiger charge is 2.20. The lowest BCUT2D eigenvalue weighted by Gasteiger charge is -2.22. The number of hydrogen-bond donors (Lipinski definition) is 1. The number of rotatable bonds is 3. The lowest BCUT2D eigenvalue weighted by Crippen LogP contribution is -2.12. The van der Waals surface area contributed by atoms with Gasteiger partial charge in [-0.15, -0.1) is 0 Å². The number of phenols is 1. The van der Waals surface area contributed by atoms with Crippen LogP contribution in [0.5, 0.6) is 5.75 Å². The first-order valence-corrected chi connectivity index (χ1v) is 7.42. The standard InChI is InChI=1S/C20H24O/c1-15-13-17(19(21)18(14-15)20(2,3)4)12-8-11-16-9-6-5-7-10-16/h5-11,13-14,21H,12H2,1-4H3/b11-8+. The predicted octanol–water partition coefficient (Wildman–Crippen LogP) is 5.25. The Morgan fingerprint density at radius 1 is 1.05 bits per heavy atom. The molecule has 0 saturated heterocycles. The molecule has 0 amide bonds. The van der Waals surface area contributed by atoms with Gasteiger partial charge < -0.3 is 5.11 Å². The first-order chi connectivity index (χ1) is 9.88. The van der Waals surface area contributed by atoms with Crippen LogP contribution in [0.25, 0.3) is 6.08 Å². The Morgan fingerprint density at radius 3 is 2.33 bits per heavy atom. The minimum Gasteiger partial charge on any atom is -0.507 e. The molecule has 0 saturated carbocycles. The Kier molecular flexibility index (Phi) is 4.52. The molecule has 0 fully saturated rings. The summed E-state index contributed by atoms with van der Waals surface area (Å²) in [5, 5.41) is 10.5. The summed E-state index contributed by atoms with van der Waals surface area (Å²) < 4.78 is 0. The van der Waals surface area contributed by atoms with Crippen LogP contribution < -0.4 is 0 Å². The van der Waals surface area contributed by atoms with Crippen LogP contribution >= 0.6 is 0 Å². The molecule has 2 aromatic carbocycles. The van der Waals surface area contributed by atoms with Gasteiger partial charge in [0.25, 0.3) is 0 Å². The van der Waals surface area contributed by atoms with Crippen molar-refractivity contribution >= 4 is 6.08 Å². The van der Waals surface area contributed by atoms with Crippen LogP contribution in [0.2, 0.25) is 0 Å². The summed E-state index contributed by atoms with van der Waals surface area (Å²) in [7, 11) is 0. The second kappa shape index (κ2) is 6.17. The van der Waals surface area contributed by atoms with Crippen molar-refractivity contribution in [1.82, 2.24) is 0 Å². The number of aryl methyl sites for hydroxylation is 1. The molecular formula is C20H24O. The van der Waals surface area contributed by atoms with E-state index in [2.05, 4.69) is 64.1 Å². The van der Waals surface area contributed by atoms with E-state index >= 15 is 0 Å². The van der Waals surface area contributed by atoms with Crippen LogP contribution in [0, 0.1) is 6.92 Å². The maximum atomic E-state index is 10.5. The topological polar surface area (TPSA) is 20.2 Å². The number of phenolic OH excluding ortho intramolecular Hbond substituents is 1. The average molecular weight is 280 g/mol. The third-order valence-electron chi connectivity index (χ3n) is 3.59. The van der Waals surface area contributed by atoms with Crippen molar-refractivity contribution in [3.63, 3.8) is 0 Å². The highest BCUT2D eigenvalue weighted by atomic mass is 16.3. The molecule has 0 aliphatic carbocycles. The Bertz CT molecular complexity index is 631. The van der Waals surface area contributed by atoms with Gasteiger partial charge in [0, 0.05) is 0 Å². The fraction of sp³-hybridized carbons (Fsp3) is 0.300. The molecule has 2 aromatic rings. The Morgan fingerprint density at radius 2 is 1.71 bits per heavy atom. The number of allylic oxidation sites excluding steroid dienone is 1. The van der Waals surface area contributed by atoms with E-state index in [9.17, 15) is 5.11 Å². The second-order valence-electron chi connectivity index (χ2n) is 6.59. The van der Waals surface area contributed by atoms with Crippen LogP contribution in [0.3, 0.4) is 0 Å². The van der Waals surface area contributed by atoms with E-state index in [0.29, 0.717) is 5.75 Å². The minimum absolute atomic E-state index is 0.0476. The van der Waals surface area contributed by atoms with E-state index in [4.69, 9.17) is 0 Å². The molecule has 21 heavy (non-hydrogen) atoms. The van der Waals surface area contributed by atoms with E-state index in [-0.39, 0.29) is 5.41 Å². The average Bonchev–Trinajstić information content (AvgIpc) is 2.42. The Hall–Kier alpha value is -2.02. The number of aromatic hydroxyl groups is 1. The third-order valence-corrected chi connectivity index (χ3v) is 3.59. The first-order valence-electron chi connectivity index (χ1n) is 7.42. The second-order valence-corrected chi connectivity index (χ2v) is 6.59. The fourth-order valence-corrected chi connectivity index (χ4v) is 2.47. The Balaban J connectivity index is 2.25. The van der Waals surface area contributed by atoms with Gasteiger partial charge in [-0.1, -0.05) is 81.0 Å². The van der Waals surface area contributed by atoms with E-state index < -0.39 is 0 Å². The molecule has 1 N–H and O–H groups in total. The van der Waals surface area contributed by atoms with Crippen molar-refractivity contribution in [3.8, 4) is 5.75 Å². The SMILES string of the molecule is Cc1cc(C/C=C/c2ccccc2)c(O)c(C(C)(C)C)c1. The van der Waals surface area contributed by atoms with Crippen molar-refractivity contribution in [2.24, 2.45) is 0 Å². The normalized spacial score (nSPS) is 12.0.